The Morgan fingerprint density at radius 3 is 1.64 bits per heavy atom. The van der Waals surface area contributed by atoms with Crippen LogP contribution in [-0.2, 0) is 4.57 Å². The second-order valence-electron chi connectivity index (χ2n) is 7.12. The van der Waals surface area contributed by atoms with Crippen molar-refractivity contribution in [2.75, 3.05) is 0 Å². The molecule has 0 N–H and O–H groups in total. The molecule has 0 radical (unpaired) electrons. The van der Waals surface area contributed by atoms with Gasteiger partial charge in [-0.15, -0.1) is 0 Å². The van der Waals surface area contributed by atoms with Gasteiger partial charge in [0.05, 0.1) is 0 Å². The number of hydrogen-bond acceptors (Lipinski definition) is 1. The second-order valence-corrected chi connectivity index (χ2v) is 10.0. The van der Waals surface area contributed by atoms with Crippen molar-refractivity contribution in [2.24, 2.45) is 11.8 Å². The van der Waals surface area contributed by atoms with Crippen molar-refractivity contribution < 1.29 is 4.57 Å². The van der Waals surface area contributed by atoms with Gasteiger partial charge in [0.25, 0.3) is 0 Å². The first-order chi connectivity index (χ1) is 12.2. The van der Waals surface area contributed by atoms with E-state index in [1.165, 1.54) is 31.3 Å². The van der Waals surface area contributed by atoms with Crippen LogP contribution in [0.3, 0.4) is 0 Å². The van der Waals surface area contributed by atoms with Crippen molar-refractivity contribution in [3.05, 3.63) is 83.0 Å². The molecular formula is C23H23OP. The fourth-order valence-corrected chi connectivity index (χ4v) is 5.85. The normalized spacial score (nSPS) is 16.7. The van der Waals surface area contributed by atoms with E-state index in [-0.39, 0.29) is 0 Å². The number of benzene rings is 2. The third-order valence-corrected chi connectivity index (χ3v) is 8.24. The van der Waals surface area contributed by atoms with Crippen LogP contribution in [0, 0.1) is 11.8 Å². The van der Waals surface area contributed by atoms with Gasteiger partial charge in [0.1, 0.15) is 0 Å². The highest BCUT2D eigenvalue weighted by molar-refractivity contribution is 7.82. The van der Waals surface area contributed by atoms with Gasteiger partial charge in [0.15, 0.2) is 7.14 Å². The van der Waals surface area contributed by atoms with E-state index >= 15 is 0 Å². The molecule has 2 aliphatic rings. The molecule has 2 saturated carbocycles. The summed E-state index contributed by atoms with van der Waals surface area (Å²) in [5, 5.41) is 2.53. The summed E-state index contributed by atoms with van der Waals surface area (Å²) in [4.78, 5) is 0. The standard InChI is InChI=1S/C23H23OP/c1-18(12-17-23(19-13-14-19)20-15-16-20)25(24,21-8-4-2-5-9-21)22-10-6-3-7-11-22/h2-11,19-20H,13-16H2,1H3. The largest absolute Gasteiger partial charge is 0.308 e. The molecule has 0 unspecified atom stereocenters. The van der Waals surface area contributed by atoms with Crippen LogP contribution >= 0.6 is 7.14 Å². The average Bonchev–Trinajstić information content (AvgIpc) is 3.56. The van der Waals surface area contributed by atoms with Gasteiger partial charge in [-0.25, -0.2) is 0 Å². The zero-order valence-electron chi connectivity index (χ0n) is 14.6. The molecular weight excluding hydrogens is 323 g/mol. The molecule has 0 aliphatic heterocycles. The summed E-state index contributed by atoms with van der Waals surface area (Å²) in [7, 11) is -2.86. The minimum Gasteiger partial charge on any atom is -0.308 e. The molecule has 0 aromatic heterocycles. The fraction of sp³-hybridized carbons (Fsp3) is 0.304. The smallest absolute Gasteiger partial charge is 0.174 e. The molecule has 2 aromatic carbocycles. The Bertz CT molecular complexity index is 848. The Morgan fingerprint density at radius 1 is 0.800 bits per heavy atom. The molecule has 2 heteroatoms. The molecule has 0 saturated heterocycles. The molecule has 0 amide bonds. The minimum atomic E-state index is -2.86. The first-order valence-electron chi connectivity index (χ1n) is 9.14. The van der Waals surface area contributed by atoms with Gasteiger partial charge in [-0.1, -0.05) is 72.1 Å². The lowest BCUT2D eigenvalue weighted by molar-refractivity contribution is 0.590. The maximum absolute atomic E-state index is 14.2. The molecule has 2 fully saturated rings. The molecule has 126 valence electrons. The minimum absolute atomic E-state index is 0.709. The van der Waals surface area contributed by atoms with Crippen molar-refractivity contribution in [3.63, 3.8) is 0 Å². The Kier molecular flexibility index (Phi) is 4.41. The van der Waals surface area contributed by atoms with Gasteiger partial charge in [-0.05, 0) is 50.0 Å². The Hall–Kier alpha value is -2.03. The van der Waals surface area contributed by atoms with E-state index in [4.69, 9.17) is 0 Å². The van der Waals surface area contributed by atoms with Crippen molar-refractivity contribution in [1.29, 1.82) is 0 Å². The van der Waals surface area contributed by atoms with Crippen LogP contribution in [0.15, 0.2) is 83.0 Å². The van der Waals surface area contributed by atoms with Gasteiger partial charge in [-0.2, -0.15) is 0 Å². The van der Waals surface area contributed by atoms with Crippen LogP contribution in [0.1, 0.15) is 32.6 Å². The van der Waals surface area contributed by atoms with Crippen LogP contribution in [0.25, 0.3) is 0 Å². The maximum Gasteiger partial charge on any atom is 0.174 e. The predicted molar refractivity (Wildman–Crippen MR) is 105 cm³/mol. The third kappa shape index (κ3) is 3.37. The quantitative estimate of drug-likeness (QED) is 0.523. The Morgan fingerprint density at radius 2 is 1.24 bits per heavy atom. The molecule has 4 rings (SSSR count). The molecule has 2 aromatic rings. The van der Waals surface area contributed by atoms with Crippen LogP contribution < -0.4 is 10.6 Å². The van der Waals surface area contributed by atoms with E-state index in [1.54, 1.807) is 0 Å². The first kappa shape index (κ1) is 16.4. The molecule has 0 heterocycles. The predicted octanol–water partition coefficient (Wildman–Crippen LogP) is 5.40. The van der Waals surface area contributed by atoms with Gasteiger partial charge in [0.2, 0.25) is 0 Å². The summed E-state index contributed by atoms with van der Waals surface area (Å²) in [6.07, 6.45) is 5.15. The van der Waals surface area contributed by atoms with Crippen LogP contribution in [-0.4, -0.2) is 0 Å². The van der Waals surface area contributed by atoms with Crippen molar-refractivity contribution in [3.8, 4) is 0 Å². The zero-order chi connectivity index (χ0) is 17.3. The summed E-state index contributed by atoms with van der Waals surface area (Å²) in [5.41, 5.74) is 8.20. The zero-order valence-corrected chi connectivity index (χ0v) is 15.5. The first-order valence-corrected chi connectivity index (χ1v) is 10.8. The monoisotopic (exact) mass is 346 g/mol. The number of rotatable bonds is 5. The maximum atomic E-state index is 14.2. The molecule has 25 heavy (non-hydrogen) atoms. The Balaban J connectivity index is 1.88. The topological polar surface area (TPSA) is 17.1 Å². The molecule has 0 atom stereocenters. The van der Waals surface area contributed by atoms with E-state index in [2.05, 4.69) is 11.5 Å². The lowest BCUT2D eigenvalue weighted by atomic mass is 10.1. The van der Waals surface area contributed by atoms with E-state index in [9.17, 15) is 4.57 Å². The van der Waals surface area contributed by atoms with E-state index in [0.29, 0.717) is 11.8 Å². The van der Waals surface area contributed by atoms with Crippen LogP contribution in [0.2, 0.25) is 0 Å². The Labute approximate surface area is 150 Å². The summed E-state index contributed by atoms with van der Waals surface area (Å²) in [5.74, 6) is 1.42. The summed E-state index contributed by atoms with van der Waals surface area (Å²) < 4.78 is 14.2. The molecule has 0 bridgehead atoms. The van der Waals surface area contributed by atoms with Gasteiger partial charge >= 0.3 is 0 Å². The van der Waals surface area contributed by atoms with Gasteiger partial charge < -0.3 is 4.57 Å². The van der Waals surface area contributed by atoms with E-state index in [0.717, 1.165) is 15.9 Å². The van der Waals surface area contributed by atoms with Crippen molar-refractivity contribution >= 4 is 17.8 Å². The average molecular weight is 346 g/mol. The van der Waals surface area contributed by atoms with Gasteiger partial charge in [0, 0.05) is 15.9 Å². The lowest BCUT2D eigenvalue weighted by Crippen LogP contribution is -2.16. The van der Waals surface area contributed by atoms with Gasteiger partial charge in [-0.3, -0.25) is 0 Å². The van der Waals surface area contributed by atoms with Crippen LogP contribution in [0.5, 0.6) is 0 Å². The summed E-state index contributed by atoms with van der Waals surface area (Å²) in [6, 6.07) is 19.6. The van der Waals surface area contributed by atoms with Crippen LogP contribution in [0.4, 0.5) is 0 Å². The van der Waals surface area contributed by atoms with Crippen molar-refractivity contribution in [1.82, 2.24) is 0 Å². The highest BCUT2D eigenvalue weighted by atomic mass is 31.2. The van der Waals surface area contributed by atoms with E-state index in [1.807, 2.05) is 67.6 Å². The fourth-order valence-electron chi connectivity index (χ4n) is 3.38. The summed E-state index contributed by atoms with van der Waals surface area (Å²) >= 11 is 0. The summed E-state index contributed by atoms with van der Waals surface area (Å²) in [6.45, 7) is 1.95. The van der Waals surface area contributed by atoms with E-state index < -0.39 is 7.14 Å². The number of allylic oxidation sites excluding steroid dienone is 2. The van der Waals surface area contributed by atoms with Crippen molar-refractivity contribution in [2.45, 2.75) is 32.6 Å². The molecule has 1 nitrogen and oxygen atoms in total. The number of hydrogen-bond donors (Lipinski definition) is 0. The highest BCUT2D eigenvalue weighted by Crippen LogP contribution is 2.51. The highest BCUT2D eigenvalue weighted by Gasteiger charge is 2.36. The third-order valence-electron chi connectivity index (χ3n) is 5.13. The molecule has 2 aliphatic carbocycles. The second kappa shape index (κ2) is 6.70. The molecule has 0 spiro atoms. The SMILES string of the molecule is CC(=C=C=C(C1CC1)C1CC1)P(=O)(c1ccccc1)c1ccccc1. The lowest BCUT2D eigenvalue weighted by Gasteiger charge is -2.18.